The van der Waals surface area contributed by atoms with Crippen molar-refractivity contribution in [3.05, 3.63) is 0 Å². The molecule has 0 aliphatic rings. The maximum atomic E-state index is 8.06. The first-order valence-electron chi connectivity index (χ1n) is 4.26. The fourth-order valence-corrected chi connectivity index (χ4v) is 0.250. The summed E-state index contributed by atoms with van der Waals surface area (Å²) in [7, 11) is 0. The van der Waals surface area contributed by atoms with Crippen LogP contribution in [0.15, 0.2) is 0 Å². The summed E-state index contributed by atoms with van der Waals surface area (Å²) in [6.45, 7) is 11.3. The van der Waals surface area contributed by atoms with Gasteiger partial charge in [0.05, 0.1) is 6.07 Å². The molecule has 0 aliphatic carbocycles. The lowest BCUT2D eigenvalue weighted by atomic mass is 10.5. The van der Waals surface area contributed by atoms with E-state index in [1.54, 1.807) is 19.9 Å². The van der Waals surface area contributed by atoms with E-state index < -0.39 is 0 Å². The quantitative estimate of drug-likeness (QED) is 0.667. The molecule has 0 aromatic heterocycles. The molecule has 0 radical (unpaired) electrons. The second-order valence-electron chi connectivity index (χ2n) is 2.27. The monoisotopic (exact) mass is 174 g/mol. The standard InChI is InChI=1S/C4H11N.C3H8O.C2H3N/c1-3-5-4-2;1-3(2)4;1-2-3/h5H,3-4H2,1-2H3;3-4H,1-2H3;1H3. The van der Waals surface area contributed by atoms with Crippen molar-refractivity contribution in [3.8, 4) is 6.07 Å². The number of nitriles is 1. The van der Waals surface area contributed by atoms with Crippen LogP contribution in [-0.4, -0.2) is 24.3 Å². The molecule has 0 spiro atoms. The molecular weight excluding hydrogens is 152 g/mol. The van der Waals surface area contributed by atoms with Gasteiger partial charge in [0, 0.05) is 13.0 Å². The summed E-state index contributed by atoms with van der Waals surface area (Å²) in [5.41, 5.74) is 0. The first kappa shape index (κ1) is 17.5. The van der Waals surface area contributed by atoms with E-state index in [4.69, 9.17) is 10.4 Å². The maximum Gasteiger partial charge on any atom is 0.0587 e. The minimum absolute atomic E-state index is 0.167. The summed E-state index contributed by atoms with van der Waals surface area (Å²) < 4.78 is 0. The molecule has 12 heavy (non-hydrogen) atoms. The lowest BCUT2D eigenvalue weighted by molar-refractivity contribution is 0.216. The van der Waals surface area contributed by atoms with E-state index in [2.05, 4.69) is 19.2 Å². The Morgan fingerprint density at radius 1 is 1.33 bits per heavy atom. The lowest BCUT2D eigenvalue weighted by Crippen LogP contribution is -2.09. The average Bonchev–Trinajstić information content (AvgIpc) is 1.89. The SMILES string of the molecule is CC#N.CC(C)O.CCNCC. The Labute approximate surface area is 76.4 Å². The van der Waals surface area contributed by atoms with Gasteiger partial charge in [-0.2, -0.15) is 5.26 Å². The normalized spacial score (nSPS) is 7.17. The van der Waals surface area contributed by atoms with Crippen molar-refractivity contribution in [2.45, 2.75) is 40.7 Å². The largest absolute Gasteiger partial charge is 0.394 e. The summed E-state index contributed by atoms with van der Waals surface area (Å²) in [6.07, 6.45) is -0.167. The van der Waals surface area contributed by atoms with E-state index in [0.29, 0.717) is 0 Å². The highest BCUT2D eigenvalue weighted by atomic mass is 16.3. The molecule has 74 valence electrons. The van der Waals surface area contributed by atoms with E-state index >= 15 is 0 Å². The van der Waals surface area contributed by atoms with Crippen LogP contribution in [0.4, 0.5) is 0 Å². The molecule has 3 heteroatoms. The second-order valence-corrected chi connectivity index (χ2v) is 2.27. The minimum atomic E-state index is -0.167. The molecule has 0 aromatic carbocycles. The van der Waals surface area contributed by atoms with Crippen molar-refractivity contribution in [1.82, 2.24) is 5.32 Å². The van der Waals surface area contributed by atoms with Crippen LogP contribution in [0.25, 0.3) is 0 Å². The number of aliphatic hydroxyl groups is 1. The number of nitrogens with one attached hydrogen (secondary N) is 1. The molecule has 0 heterocycles. The molecule has 0 amide bonds. The molecule has 2 N–H and O–H groups in total. The maximum absolute atomic E-state index is 8.06. The lowest BCUT2D eigenvalue weighted by Gasteiger charge is -1.86. The number of nitrogens with zero attached hydrogens (tertiary/aromatic N) is 1. The molecule has 0 saturated carbocycles. The van der Waals surface area contributed by atoms with Crippen LogP contribution in [-0.2, 0) is 0 Å². The van der Waals surface area contributed by atoms with Gasteiger partial charge in [-0.1, -0.05) is 13.8 Å². The van der Waals surface area contributed by atoms with Crippen molar-refractivity contribution in [2.75, 3.05) is 13.1 Å². The van der Waals surface area contributed by atoms with Crippen LogP contribution in [0.3, 0.4) is 0 Å². The smallest absolute Gasteiger partial charge is 0.0587 e. The zero-order valence-electron chi connectivity index (χ0n) is 8.89. The van der Waals surface area contributed by atoms with E-state index in [1.807, 2.05) is 0 Å². The highest BCUT2D eigenvalue weighted by Gasteiger charge is 1.69. The van der Waals surface area contributed by atoms with Gasteiger partial charge in [0.15, 0.2) is 0 Å². The third-order valence-corrected chi connectivity index (χ3v) is 0.500. The Kier molecular flexibility index (Phi) is 32.7. The van der Waals surface area contributed by atoms with Gasteiger partial charge < -0.3 is 10.4 Å². The van der Waals surface area contributed by atoms with Crippen molar-refractivity contribution in [2.24, 2.45) is 0 Å². The van der Waals surface area contributed by atoms with Gasteiger partial charge in [-0.05, 0) is 26.9 Å². The van der Waals surface area contributed by atoms with Gasteiger partial charge in [-0.3, -0.25) is 0 Å². The fourth-order valence-electron chi connectivity index (χ4n) is 0.250. The Morgan fingerprint density at radius 2 is 1.50 bits per heavy atom. The van der Waals surface area contributed by atoms with E-state index in [0.717, 1.165) is 13.1 Å². The molecule has 0 aromatic rings. The molecule has 0 saturated heterocycles. The Balaban J connectivity index is -0.000000105. The summed E-state index contributed by atoms with van der Waals surface area (Å²) in [6, 6.07) is 1.75. The first-order chi connectivity index (χ1) is 5.56. The molecule has 3 nitrogen and oxygen atoms in total. The van der Waals surface area contributed by atoms with Crippen LogP contribution in [0.1, 0.15) is 34.6 Å². The second kappa shape index (κ2) is 22.4. The van der Waals surface area contributed by atoms with E-state index in [1.165, 1.54) is 6.92 Å². The third kappa shape index (κ3) is 335. The van der Waals surface area contributed by atoms with Crippen molar-refractivity contribution >= 4 is 0 Å². The highest BCUT2D eigenvalue weighted by molar-refractivity contribution is 4.51. The van der Waals surface area contributed by atoms with Crippen LogP contribution in [0.5, 0.6) is 0 Å². The first-order valence-corrected chi connectivity index (χ1v) is 4.26. The Bertz CT molecular complexity index is 82.3. The molecule has 0 bridgehead atoms. The van der Waals surface area contributed by atoms with Gasteiger partial charge in [-0.15, -0.1) is 0 Å². The molecule has 0 unspecified atom stereocenters. The Morgan fingerprint density at radius 3 is 1.50 bits per heavy atom. The molecule has 0 aliphatic heterocycles. The Hall–Kier alpha value is -0.590. The number of aliphatic hydroxyl groups excluding tert-OH is 1. The van der Waals surface area contributed by atoms with Gasteiger partial charge in [0.25, 0.3) is 0 Å². The fraction of sp³-hybridized carbons (Fsp3) is 0.889. The number of rotatable bonds is 2. The van der Waals surface area contributed by atoms with Gasteiger partial charge in [0.2, 0.25) is 0 Å². The zero-order chi connectivity index (χ0) is 10.4. The minimum Gasteiger partial charge on any atom is -0.394 e. The molecule has 0 rings (SSSR count). The summed E-state index contributed by atoms with van der Waals surface area (Å²) >= 11 is 0. The van der Waals surface area contributed by atoms with Crippen molar-refractivity contribution < 1.29 is 5.11 Å². The van der Waals surface area contributed by atoms with Crippen LogP contribution < -0.4 is 5.32 Å². The predicted octanol–water partition coefficient (Wildman–Crippen LogP) is 1.53. The molecule has 0 fully saturated rings. The van der Waals surface area contributed by atoms with Gasteiger partial charge in [-0.25, -0.2) is 0 Å². The predicted molar refractivity (Wildman–Crippen MR) is 52.9 cm³/mol. The molecule has 0 atom stereocenters. The topological polar surface area (TPSA) is 56.0 Å². The van der Waals surface area contributed by atoms with Gasteiger partial charge in [0.1, 0.15) is 0 Å². The third-order valence-electron chi connectivity index (χ3n) is 0.500. The zero-order valence-corrected chi connectivity index (χ0v) is 8.89. The van der Waals surface area contributed by atoms with Crippen LogP contribution in [0.2, 0.25) is 0 Å². The summed E-state index contributed by atoms with van der Waals surface area (Å²) in [4.78, 5) is 0. The van der Waals surface area contributed by atoms with E-state index in [-0.39, 0.29) is 6.10 Å². The van der Waals surface area contributed by atoms with E-state index in [9.17, 15) is 0 Å². The number of hydrogen-bond donors (Lipinski definition) is 2. The van der Waals surface area contributed by atoms with Crippen molar-refractivity contribution in [3.63, 3.8) is 0 Å². The highest BCUT2D eigenvalue weighted by Crippen LogP contribution is 1.65. The average molecular weight is 174 g/mol. The molecular formula is C9H22N2O. The summed E-state index contributed by atoms with van der Waals surface area (Å²) in [5.74, 6) is 0. The number of hydrogen-bond acceptors (Lipinski definition) is 3. The van der Waals surface area contributed by atoms with Gasteiger partial charge >= 0.3 is 0 Å². The van der Waals surface area contributed by atoms with Crippen molar-refractivity contribution in [1.29, 1.82) is 5.26 Å². The van der Waals surface area contributed by atoms with Crippen LogP contribution >= 0.6 is 0 Å². The summed E-state index contributed by atoms with van der Waals surface area (Å²) in [5, 5.41) is 18.5. The van der Waals surface area contributed by atoms with Crippen LogP contribution in [0, 0.1) is 11.3 Å².